The van der Waals surface area contributed by atoms with Crippen molar-refractivity contribution in [2.75, 3.05) is 19.8 Å². The number of carbonyl (C=O) groups is 2. The van der Waals surface area contributed by atoms with Crippen molar-refractivity contribution in [2.24, 2.45) is 11.8 Å². The van der Waals surface area contributed by atoms with E-state index in [0.29, 0.717) is 25.7 Å². The van der Waals surface area contributed by atoms with E-state index in [4.69, 9.17) is 5.11 Å². The summed E-state index contributed by atoms with van der Waals surface area (Å²) in [5.74, 6) is -1.74. The van der Waals surface area contributed by atoms with Gasteiger partial charge in [0.1, 0.15) is 6.61 Å². The molecule has 0 aliphatic heterocycles. The molecule has 1 rings (SSSR count). The average molecular weight is 297 g/mol. The normalized spacial score (nSPS) is 23.4. The van der Waals surface area contributed by atoms with Crippen LogP contribution in [0, 0.1) is 11.8 Å². The van der Waals surface area contributed by atoms with E-state index >= 15 is 0 Å². The summed E-state index contributed by atoms with van der Waals surface area (Å²) in [6.07, 6.45) is -2.46. The molecule has 0 atom stereocenters. The smallest absolute Gasteiger partial charge is 0.411 e. The lowest BCUT2D eigenvalue weighted by Crippen LogP contribution is -2.36. The Morgan fingerprint density at radius 1 is 1.15 bits per heavy atom. The molecule has 0 bridgehead atoms. The summed E-state index contributed by atoms with van der Waals surface area (Å²) in [7, 11) is 0. The van der Waals surface area contributed by atoms with Crippen LogP contribution in [0.25, 0.3) is 0 Å². The van der Waals surface area contributed by atoms with Gasteiger partial charge >= 0.3 is 12.1 Å². The first-order valence-electron chi connectivity index (χ1n) is 6.44. The Hall–Kier alpha value is -1.31. The van der Waals surface area contributed by atoms with E-state index in [2.05, 4.69) is 10.1 Å². The van der Waals surface area contributed by atoms with E-state index in [0.717, 1.165) is 0 Å². The fourth-order valence-corrected chi connectivity index (χ4v) is 2.18. The molecular formula is C12H18F3NO4. The van der Waals surface area contributed by atoms with Crippen LogP contribution in [0.4, 0.5) is 13.2 Å². The van der Waals surface area contributed by atoms with Crippen molar-refractivity contribution in [1.82, 2.24) is 5.32 Å². The van der Waals surface area contributed by atoms with Gasteiger partial charge in [0, 0.05) is 12.5 Å². The van der Waals surface area contributed by atoms with E-state index in [1.165, 1.54) is 0 Å². The maximum Gasteiger partial charge on any atom is 0.411 e. The number of alkyl halides is 3. The van der Waals surface area contributed by atoms with Gasteiger partial charge in [-0.3, -0.25) is 9.59 Å². The van der Waals surface area contributed by atoms with Crippen molar-refractivity contribution < 1.29 is 32.6 Å². The molecule has 0 unspecified atom stereocenters. The molecule has 0 radical (unpaired) electrons. The summed E-state index contributed by atoms with van der Waals surface area (Å²) in [4.78, 5) is 22.4. The molecule has 0 spiro atoms. The van der Waals surface area contributed by atoms with Gasteiger partial charge in [0.15, 0.2) is 0 Å². The summed E-state index contributed by atoms with van der Waals surface area (Å²) in [5, 5.41) is 11.3. The van der Waals surface area contributed by atoms with Crippen LogP contribution in [0.3, 0.4) is 0 Å². The molecule has 1 aliphatic carbocycles. The Kier molecular flexibility index (Phi) is 6.25. The van der Waals surface area contributed by atoms with Gasteiger partial charge in [0.25, 0.3) is 0 Å². The molecule has 5 nitrogen and oxygen atoms in total. The van der Waals surface area contributed by atoms with Gasteiger partial charge in [0.2, 0.25) is 5.91 Å². The number of hydrogen-bond donors (Lipinski definition) is 2. The number of hydrogen-bond acceptors (Lipinski definition) is 3. The maximum atomic E-state index is 11.8. The zero-order valence-corrected chi connectivity index (χ0v) is 10.9. The van der Waals surface area contributed by atoms with Gasteiger partial charge in [-0.25, -0.2) is 0 Å². The lowest BCUT2D eigenvalue weighted by Gasteiger charge is -2.25. The molecule has 8 heteroatoms. The highest BCUT2D eigenvalue weighted by Gasteiger charge is 2.30. The molecule has 1 saturated carbocycles. The fraction of sp³-hybridized carbons (Fsp3) is 0.833. The van der Waals surface area contributed by atoms with E-state index in [1.807, 2.05) is 0 Å². The van der Waals surface area contributed by atoms with Crippen LogP contribution < -0.4 is 5.32 Å². The Labute approximate surface area is 114 Å². The Balaban J connectivity index is 2.13. The van der Waals surface area contributed by atoms with Crippen LogP contribution in [-0.4, -0.2) is 42.9 Å². The minimum atomic E-state index is -4.36. The minimum Gasteiger partial charge on any atom is -0.481 e. The first kappa shape index (κ1) is 16.7. The van der Waals surface area contributed by atoms with Crippen molar-refractivity contribution in [2.45, 2.75) is 31.9 Å². The molecule has 1 fully saturated rings. The molecule has 20 heavy (non-hydrogen) atoms. The number of ether oxygens (including phenoxy) is 1. The number of carboxylic acids is 1. The summed E-state index contributed by atoms with van der Waals surface area (Å²) in [6.45, 7) is -1.50. The predicted molar refractivity (Wildman–Crippen MR) is 63.0 cm³/mol. The molecule has 116 valence electrons. The van der Waals surface area contributed by atoms with Crippen molar-refractivity contribution in [3.05, 3.63) is 0 Å². The number of aliphatic carboxylic acids is 1. The Morgan fingerprint density at radius 3 is 2.20 bits per heavy atom. The molecule has 1 amide bonds. The van der Waals surface area contributed by atoms with Crippen molar-refractivity contribution in [3.8, 4) is 0 Å². The van der Waals surface area contributed by atoms with Crippen LogP contribution in [0.1, 0.15) is 25.7 Å². The molecule has 0 aromatic rings. The van der Waals surface area contributed by atoms with Crippen LogP contribution >= 0.6 is 0 Å². The largest absolute Gasteiger partial charge is 0.481 e. The third-order valence-corrected chi connectivity index (χ3v) is 3.26. The number of amides is 1. The average Bonchev–Trinajstić information content (AvgIpc) is 2.37. The number of nitrogens with one attached hydrogen (secondary N) is 1. The highest BCUT2D eigenvalue weighted by Crippen LogP contribution is 2.28. The Bertz CT molecular complexity index is 338. The monoisotopic (exact) mass is 297 g/mol. The van der Waals surface area contributed by atoms with Gasteiger partial charge in [-0.2, -0.15) is 13.2 Å². The van der Waals surface area contributed by atoms with Gasteiger partial charge in [-0.05, 0) is 25.7 Å². The summed E-state index contributed by atoms with van der Waals surface area (Å²) < 4.78 is 39.7. The maximum absolute atomic E-state index is 11.8. The van der Waals surface area contributed by atoms with Gasteiger partial charge in [-0.1, -0.05) is 0 Å². The topological polar surface area (TPSA) is 75.6 Å². The lowest BCUT2D eigenvalue weighted by molar-refractivity contribution is -0.173. The summed E-state index contributed by atoms with van der Waals surface area (Å²) in [6, 6.07) is 0. The van der Waals surface area contributed by atoms with Crippen LogP contribution in [0.15, 0.2) is 0 Å². The molecule has 1 aliphatic rings. The minimum absolute atomic E-state index is 0.0216. The zero-order chi connectivity index (χ0) is 15.2. The van der Waals surface area contributed by atoms with E-state index in [9.17, 15) is 22.8 Å². The van der Waals surface area contributed by atoms with Crippen molar-refractivity contribution in [3.63, 3.8) is 0 Å². The van der Waals surface area contributed by atoms with Gasteiger partial charge in [-0.15, -0.1) is 0 Å². The standard InChI is InChI=1S/C12H18F3NO4/c13-12(14,15)7-20-6-5-16-10(17)8-1-3-9(4-2-8)11(18)19/h8-9H,1-7H2,(H,16,17)(H,18,19). The van der Waals surface area contributed by atoms with Crippen LogP contribution in [0.2, 0.25) is 0 Å². The van der Waals surface area contributed by atoms with E-state index in [1.54, 1.807) is 0 Å². The van der Waals surface area contributed by atoms with Crippen molar-refractivity contribution in [1.29, 1.82) is 0 Å². The molecule has 0 aromatic heterocycles. The second-order valence-corrected chi connectivity index (χ2v) is 4.85. The second kappa shape index (κ2) is 7.47. The molecule has 0 heterocycles. The molecule has 2 N–H and O–H groups in total. The quantitative estimate of drug-likeness (QED) is 0.730. The molecule has 0 aromatic carbocycles. The highest BCUT2D eigenvalue weighted by molar-refractivity contribution is 5.79. The van der Waals surface area contributed by atoms with Gasteiger partial charge in [0.05, 0.1) is 12.5 Å². The summed E-state index contributed by atoms with van der Waals surface area (Å²) >= 11 is 0. The van der Waals surface area contributed by atoms with Crippen LogP contribution in [-0.2, 0) is 14.3 Å². The summed E-state index contributed by atoms with van der Waals surface area (Å²) in [5.41, 5.74) is 0. The number of carboxylic acid groups (broad SMARTS) is 1. The van der Waals surface area contributed by atoms with Gasteiger partial charge < -0.3 is 15.2 Å². The van der Waals surface area contributed by atoms with Crippen LogP contribution in [0.5, 0.6) is 0 Å². The third kappa shape index (κ3) is 6.23. The zero-order valence-electron chi connectivity index (χ0n) is 10.9. The second-order valence-electron chi connectivity index (χ2n) is 4.85. The first-order valence-corrected chi connectivity index (χ1v) is 6.44. The van der Waals surface area contributed by atoms with Crippen molar-refractivity contribution >= 4 is 11.9 Å². The predicted octanol–water partition coefficient (Wildman–Crippen LogP) is 1.57. The number of rotatable bonds is 6. The lowest BCUT2D eigenvalue weighted by atomic mass is 9.81. The third-order valence-electron chi connectivity index (χ3n) is 3.26. The van der Waals surface area contributed by atoms with E-state index < -0.39 is 24.7 Å². The fourth-order valence-electron chi connectivity index (χ4n) is 2.18. The highest BCUT2D eigenvalue weighted by atomic mass is 19.4. The van der Waals surface area contributed by atoms with E-state index in [-0.39, 0.29) is 25.0 Å². The number of halogens is 3. The first-order chi connectivity index (χ1) is 9.29. The Morgan fingerprint density at radius 2 is 1.70 bits per heavy atom. The SMILES string of the molecule is O=C(O)C1CCC(C(=O)NCCOCC(F)(F)F)CC1. The number of carbonyl (C=O) groups excluding carboxylic acids is 1. The molecule has 0 saturated heterocycles. The molecular weight excluding hydrogens is 279 g/mol.